The van der Waals surface area contributed by atoms with Crippen molar-refractivity contribution in [2.45, 2.75) is 62.7 Å². The summed E-state index contributed by atoms with van der Waals surface area (Å²) in [5.74, 6) is -4.78. The molecule has 0 heterocycles. The highest BCUT2D eigenvalue weighted by atomic mass is 16.4. The van der Waals surface area contributed by atoms with Gasteiger partial charge in [-0.3, -0.25) is 19.2 Å². The number of aromatic hydroxyl groups is 2. The van der Waals surface area contributed by atoms with E-state index in [4.69, 9.17) is 17.2 Å². The van der Waals surface area contributed by atoms with Crippen LogP contribution in [0.5, 0.6) is 11.5 Å². The highest BCUT2D eigenvalue weighted by Gasteiger charge is 2.31. The molecule has 4 amide bonds. The van der Waals surface area contributed by atoms with Gasteiger partial charge in [0, 0.05) is 12.8 Å². The van der Waals surface area contributed by atoms with Crippen molar-refractivity contribution in [2.24, 2.45) is 17.2 Å². The summed E-state index contributed by atoms with van der Waals surface area (Å²) in [6.45, 7) is 0.437. The molecule has 4 unspecified atom stereocenters. The van der Waals surface area contributed by atoms with Gasteiger partial charge in [0.15, 0.2) is 0 Å². The van der Waals surface area contributed by atoms with Crippen LogP contribution in [0.2, 0.25) is 0 Å². The minimum atomic E-state index is -1.65. The predicted octanol–water partition coefficient (Wildman–Crippen LogP) is -1.25. The SMILES string of the molecule is NCCCCC(N)C(=O)NC(Cc1ccc(O)cc1)C(=O)NC(Cc1ccc(O)cc1)C(=O)NC(CC(N)=O)C(=O)O. The number of carbonyl (C=O) groups excluding carboxylic acids is 4. The summed E-state index contributed by atoms with van der Waals surface area (Å²) in [6, 6.07) is 6.58. The molecule has 0 aliphatic rings. The van der Waals surface area contributed by atoms with Gasteiger partial charge in [0.05, 0.1) is 12.5 Å². The van der Waals surface area contributed by atoms with Crippen LogP contribution in [0.4, 0.5) is 0 Å². The highest BCUT2D eigenvalue weighted by molar-refractivity contribution is 5.95. The monoisotopic (exact) mass is 586 g/mol. The van der Waals surface area contributed by atoms with E-state index < -0.39 is 60.2 Å². The van der Waals surface area contributed by atoms with E-state index in [-0.39, 0.29) is 24.3 Å². The van der Waals surface area contributed by atoms with Crippen molar-refractivity contribution < 1.29 is 39.3 Å². The summed E-state index contributed by atoms with van der Waals surface area (Å²) >= 11 is 0. The van der Waals surface area contributed by atoms with Crippen LogP contribution in [0.3, 0.4) is 0 Å². The van der Waals surface area contributed by atoms with Crippen LogP contribution in [0, 0.1) is 0 Å². The van der Waals surface area contributed by atoms with E-state index in [9.17, 15) is 39.3 Å². The van der Waals surface area contributed by atoms with Gasteiger partial charge in [-0.05, 0) is 54.8 Å². The van der Waals surface area contributed by atoms with Crippen molar-refractivity contribution in [2.75, 3.05) is 6.54 Å². The Bertz CT molecular complexity index is 1220. The lowest BCUT2D eigenvalue weighted by atomic mass is 10.0. The van der Waals surface area contributed by atoms with E-state index in [1.165, 1.54) is 36.4 Å². The van der Waals surface area contributed by atoms with Gasteiger partial charge in [-0.1, -0.05) is 30.7 Å². The van der Waals surface area contributed by atoms with E-state index in [1.807, 2.05) is 0 Å². The first-order valence-electron chi connectivity index (χ1n) is 13.3. The smallest absolute Gasteiger partial charge is 0.326 e. The Kier molecular flexibility index (Phi) is 13.2. The number of phenols is 2. The molecular weight excluding hydrogens is 548 g/mol. The molecular formula is C28H38N6O8. The van der Waals surface area contributed by atoms with Gasteiger partial charge < -0.3 is 48.5 Å². The van der Waals surface area contributed by atoms with Crippen molar-refractivity contribution in [1.82, 2.24) is 16.0 Å². The fraction of sp³-hybridized carbons (Fsp3) is 0.393. The number of benzene rings is 2. The molecule has 4 atom stereocenters. The van der Waals surface area contributed by atoms with E-state index in [1.54, 1.807) is 12.1 Å². The maximum atomic E-state index is 13.5. The first-order valence-corrected chi connectivity index (χ1v) is 13.3. The first-order chi connectivity index (χ1) is 19.9. The zero-order valence-electron chi connectivity index (χ0n) is 23.0. The van der Waals surface area contributed by atoms with Gasteiger partial charge in [0.2, 0.25) is 23.6 Å². The zero-order chi connectivity index (χ0) is 31.2. The minimum absolute atomic E-state index is 0.000270. The number of nitrogens with two attached hydrogens (primary N) is 3. The van der Waals surface area contributed by atoms with Crippen LogP contribution in [0.25, 0.3) is 0 Å². The normalized spacial score (nSPS) is 13.7. The molecule has 0 aliphatic carbocycles. The fourth-order valence-electron chi connectivity index (χ4n) is 4.02. The number of unbranched alkanes of at least 4 members (excludes halogenated alkanes) is 1. The molecule has 14 heteroatoms. The van der Waals surface area contributed by atoms with Crippen LogP contribution in [0.15, 0.2) is 48.5 Å². The molecule has 0 aromatic heterocycles. The Balaban J connectivity index is 2.32. The molecule has 2 rings (SSSR count). The quantitative estimate of drug-likeness (QED) is 0.0995. The largest absolute Gasteiger partial charge is 0.508 e. The van der Waals surface area contributed by atoms with Gasteiger partial charge in [0.1, 0.15) is 29.6 Å². The second kappa shape index (κ2) is 16.5. The number of hydrogen-bond donors (Lipinski definition) is 9. The van der Waals surface area contributed by atoms with E-state index >= 15 is 0 Å². The summed E-state index contributed by atoms with van der Waals surface area (Å²) in [5.41, 5.74) is 17.7. The molecule has 2 aromatic carbocycles. The molecule has 2 aromatic rings. The standard InChI is InChI=1S/C28H38N6O8/c29-12-2-1-3-20(30)25(38)32-21(13-16-4-8-18(35)9-5-16)26(39)33-22(14-17-6-10-19(36)11-7-17)27(40)34-23(28(41)42)15-24(31)37/h4-11,20-23,35-36H,1-3,12-15,29-30H2,(H2,31,37)(H,32,38)(H,33,39)(H,34,40)(H,41,42). The van der Waals surface area contributed by atoms with Gasteiger partial charge in [0.25, 0.3) is 0 Å². The number of nitrogens with one attached hydrogen (secondary N) is 3. The predicted molar refractivity (Wildman–Crippen MR) is 152 cm³/mol. The van der Waals surface area contributed by atoms with Crippen LogP contribution in [-0.2, 0) is 36.8 Å². The summed E-state index contributed by atoms with van der Waals surface area (Å²) in [6.07, 6.45) is 0.769. The highest BCUT2D eigenvalue weighted by Crippen LogP contribution is 2.14. The summed E-state index contributed by atoms with van der Waals surface area (Å²) < 4.78 is 0. The van der Waals surface area contributed by atoms with Crippen molar-refractivity contribution in [1.29, 1.82) is 0 Å². The number of rotatable bonds is 17. The fourth-order valence-corrected chi connectivity index (χ4v) is 4.02. The van der Waals surface area contributed by atoms with Crippen LogP contribution < -0.4 is 33.2 Å². The van der Waals surface area contributed by atoms with Gasteiger partial charge in [-0.2, -0.15) is 0 Å². The third-order valence-electron chi connectivity index (χ3n) is 6.34. The molecule has 0 aliphatic heterocycles. The molecule has 0 fully saturated rings. The number of hydrogen-bond acceptors (Lipinski definition) is 9. The molecule has 42 heavy (non-hydrogen) atoms. The van der Waals surface area contributed by atoms with Crippen molar-refractivity contribution >= 4 is 29.6 Å². The number of phenolic OH excluding ortho intramolecular Hbond substituents is 2. The van der Waals surface area contributed by atoms with Crippen molar-refractivity contribution in [3.8, 4) is 11.5 Å². The molecule has 12 N–H and O–H groups in total. The summed E-state index contributed by atoms with van der Waals surface area (Å²) in [7, 11) is 0. The van der Waals surface area contributed by atoms with Gasteiger partial charge in [-0.15, -0.1) is 0 Å². The second-order valence-electron chi connectivity index (χ2n) is 9.82. The molecule has 0 saturated heterocycles. The van der Waals surface area contributed by atoms with E-state index in [2.05, 4.69) is 16.0 Å². The Labute approximate surface area is 242 Å². The van der Waals surface area contributed by atoms with Gasteiger partial charge in [-0.25, -0.2) is 4.79 Å². The van der Waals surface area contributed by atoms with Crippen LogP contribution in [-0.4, -0.2) is 75.6 Å². The zero-order valence-corrected chi connectivity index (χ0v) is 23.0. The Morgan fingerprint density at radius 2 is 1.12 bits per heavy atom. The average molecular weight is 587 g/mol. The average Bonchev–Trinajstić information content (AvgIpc) is 2.93. The van der Waals surface area contributed by atoms with Crippen LogP contribution >= 0.6 is 0 Å². The van der Waals surface area contributed by atoms with E-state index in [0.717, 1.165) is 0 Å². The molecule has 0 bridgehead atoms. The Morgan fingerprint density at radius 3 is 1.52 bits per heavy atom. The maximum Gasteiger partial charge on any atom is 0.326 e. The minimum Gasteiger partial charge on any atom is -0.508 e. The Morgan fingerprint density at radius 1 is 0.690 bits per heavy atom. The van der Waals surface area contributed by atoms with Gasteiger partial charge >= 0.3 is 5.97 Å². The third-order valence-corrected chi connectivity index (χ3v) is 6.34. The lowest BCUT2D eigenvalue weighted by Crippen LogP contribution is -2.58. The van der Waals surface area contributed by atoms with Crippen molar-refractivity contribution in [3.05, 3.63) is 59.7 Å². The number of aliphatic carboxylic acids is 1. The lowest BCUT2D eigenvalue weighted by Gasteiger charge is -2.25. The van der Waals surface area contributed by atoms with Crippen molar-refractivity contribution in [3.63, 3.8) is 0 Å². The summed E-state index contributed by atoms with van der Waals surface area (Å²) in [5, 5.41) is 36.1. The molecule has 228 valence electrons. The topological polar surface area (TPSA) is 260 Å². The number of carboxylic acid groups (broad SMARTS) is 1. The molecule has 14 nitrogen and oxygen atoms in total. The number of carbonyl (C=O) groups is 5. The molecule has 0 radical (unpaired) electrons. The molecule has 0 spiro atoms. The third kappa shape index (κ3) is 11.4. The number of carboxylic acids is 1. The Hall–Kier alpha value is -4.69. The number of amides is 4. The number of primary amides is 1. The second-order valence-corrected chi connectivity index (χ2v) is 9.82. The molecule has 0 saturated carbocycles. The van der Waals surface area contributed by atoms with Crippen LogP contribution in [0.1, 0.15) is 36.8 Å². The van der Waals surface area contributed by atoms with E-state index in [0.29, 0.717) is 36.9 Å². The maximum absolute atomic E-state index is 13.5. The first kappa shape index (κ1) is 33.5. The lowest BCUT2D eigenvalue weighted by molar-refractivity contribution is -0.143. The summed E-state index contributed by atoms with van der Waals surface area (Å²) in [4.78, 5) is 62.6.